The van der Waals surface area contributed by atoms with E-state index in [-0.39, 0.29) is 11.1 Å². The second kappa shape index (κ2) is 8.22. The third-order valence-electron chi connectivity index (χ3n) is 3.97. The molecule has 2 amide bonds. The molecule has 0 aliphatic carbocycles. The molecule has 7 heteroatoms. The molecule has 7 nitrogen and oxygen atoms in total. The largest absolute Gasteiger partial charge is 0.497 e. The third-order valence-corrected chi connectivity index (χ3v) is 3.97. The first-order valence-electron chi connectivity index (χ1n) is 8.29. The van der Waals surface area contributed by atoms with Crippen molar-refractivity contribution in [2.75, 3.05) is 14.2 Å². The smallest absolute Gasteiger partial charge is 0.349 e. The van der Waals surface area contributed by atoms with Gasteiger partial charge in [-0.2, -0.15) is 0 Å². The lowest BCUT2D eigenvalue weighted by atomic mass is 10.1. The standard InChI is InChI=1S/C21H17NO6/c1-26-15-7-3-13(4-8-15)5-10-19(23)22-20(24)17-11-14-6-9-16(27-2)12-18(14)28-21(17)25/h3-12H,1-2H3,(H,22,23,24)/b10-5-. The molecule has 0 radical (unpaired) electrons. The molecule has 0 bridgehead atoms. The molecule has 28 heavy (non-hydrogen) atoms. The molecular formula is C21H17NO6. The fraction of sp³-hybridized carbons (Fsp3) is 0.0952. The van der Waals surface area contributed by atoms with Gasteiger partial charge in [0.25, 0.3) is 11.8 Å². The number of rotatable bonds is 5. The Bertz CT molecular complexity index is 1110. The molecule has 1 aromatic heterocycles. The maximum Gasteiger partial charge on any atom is 0.349 e. The summed E-state index contributed by atoms with van der Waals surface area (Å²) in [6, 6.07) is 13.3. The Morgan fingerprint density at radius 2 is 1.64 bits per heavy atom. The number of amides is 2. The topological polar surface area (TPSA) is 94.8 Å². The zero-order chi connectivity index (χ0) is 20.1. The van der Waals surface area contributed by atoms with Crippen LogP contribution in [0.5, 0.6) is 11.5 Å². The highest BCUT2D eigenvalue weighted by Crippen LogP contribution is 2.20. The van der Waals surface area contributed by atoms with Crippen LogP contribution in [0.25, 0.3) is 17.0 Å². The Morgan fingerprint density at radius 3 is 2.32 bits per heavy atom. The molecular weight excluding hydrogens is 362 g/mol. The van der Waals surface area contributed by atoms with E-state index < -0.39 is 17.4 Å². The average molecular weight is 379 g/mol. The lowest BCUT2D eigenvalue weighted by Crippen LogP contribution is -2.32. The zero-order valence-electron chi connectivity index (χ0n) is 15.2. The van der Waals surface area contributed by atoms with Gasteiger partial charge in [-0.05, 0) is 42.0 Å². The highest BCUT2D eigenvalue weighted by atomic mass is 16.5. The number of hydrogen-bond acceptors (Lipinski definition) is 6. The van der Waals surface area contributed by atoms with E-state index in [1.165, 1.54) is 25.3 Å². The molecule has 0 aliphatic rings. The Balaban J connectivity index is 1.74. The molecule has 0 saturated carbocycles. The summed E-state index contributed by atoms with van der Waals surface area (Å²) in [7, 11) is 3.05. The molecule has 1 N–H and O–H groups in total. The second-order valence-corrected chi connectivity index (χ2v) is 5.78. The first-order chi connectivity index (χ1) is 13.5. The summed E-state index contributed by atoms with van der Waals surface area (Å²) < 4.78 is 15.3. The van der Waals surface area contributed by atoms with Gasteiger partial charge in [0.2, 0.25) is 0 Å². The van der Waals surface area contributed by atoms with Gasteiger partial charge >= 0.3 is 5.63 Å². The van der Waals surface area contributed by atoms with Crippen molar-refractivity contribution in [3.05, 3.63) is 76.2 Å². The minimum absolute atomic E-state index is 0.260. The van der Waals surface area contributed by atoms with Gasteiger partial charge in [0, 0.05) is 17.5 Å². The van der Waals surface area contributed by atoms with Gasteiger partial charge < -0.3 is 13.9 Å². The predicted octanol–water partition coefficient (Wildman–Crippen LogP) is 2.78. The van der Waals surface area contributed by atoms with Crippen LogP contribution in [-0.2, 0) is 4.79 Å². The van der Waals surface area contributed by atoms with E-state index in [0.717, 1.165) is 5.56 Å². The number of carbonyl (C=O) groups is 2. The number of carbonyl (C=O) groups excluding carboxylic acids is 2. The molecule has 0 aliphatic heterocycles. The van der Waals surface area contributed by atoms with Crippen LogP contribution in [0.1, 0.15) is 15.9 Å². The van der Waals surface area contributed by atoms with E-state index in [9.17, 15) is 14.4 Å². The minimum atomic E-state index is -0.842. The number of hydrogen-bond donors (Lipinski definition) is 1. The monoisotopic (exact) mass is 379 g/mol. The number of imide groups is 1. The molecule has 3 rings (SSSR count). The van der Waals surface area contributed by atoms with Gasteiger partial charge in [-0.25, -0.2) is 4.79 Å². The van der Waals surface area contributed by atoms with E-state index >= 15 is 0 Å². The van der Waals surface area contributed by atoms with Crippen molar-refractivity contribution in [1.82, 2.24) is 5.32 Å². The summed E-state index contributed by atoms with van der Waals surface area (Å²) in [5.74, 6) is -0.282. The van der Waals surface area contributed by atoms with Crippen LogP contribution in [-0.4, -0.2) is 26.0 Å². The predicted molar refractivity (Wildman–Crippen MR) is 104 cm³/mol. The van der Waals surface area contributed by atoms with E-state index in [0.29, 0.717) is 16.9 Å². The average Bonchev–Trinajstić information content (AvgIpc) is 2.71. The van der Waals surface area contributed by atoms with Crippen molar-refractivity contribution < 1.29 is 23.5 Å². The Morgan fingerprint density at radius 1 is 0.964 bits per heavy atom. The van der Waals surface area contributed by atoms with Crippen molar-refractivity contribution in [1.29, 1.82) is 0 Å². The summed E-state index contributed by atoms with van der Waals surface area (Å²) in [6.07, 6.45) is 2.74. The number of fused-ring (bicyclic) bond motifs is 1. The van der Waals surface area contributed by atoms with E-state index in [2.05, 4.69) is 5.32 Å². The number of nitrogens with one attached hydrogen (secondary N) is 1. The van der Waals surface area contributed by atoms with Gasteiger partial charge in [0.1, 0.15) is 22.6 Å². The van der Waals surface area contributed by atoms with Crippen LogP contribution in [0, 0.1) is 0 Å². The lowest BCUT2D eigenvalue weighted by molar-refractivity contribution is -0.115. The van der Waals surface area contributed by atoms with Gasteiger partial charge in [-0.1, -0.05) is 12.1 Å². The van der Waals surface area contributed by atoms with Gasteiger partial charge in [-0.3, -0.25) is 14.9 Å². The normalized spacial score (nSPS) is 10.8. The fourth-order valence-corrected chi connectivity index (χ4v) is 2.48. The van der Waals surface area contributed by atoms with E-state index in [1.54, 1.807) is 49.6 Å². The Kier molecular flexibility index (Phi) is 5.55. The SMILES string of the molecule is COc1ccc(/C=C\C(=O)NC(=O)c2cc3ccc(OC)cc3oc2=O)cc1. The van der Waals surface area contributed by atoms with Crippen LogP contribution in [0.4, 0.5) is 0 Å². The van der Waals surface area contributed by atoms with Gasteiger partial charge in [-0.15, -0.1) is 0 Å². The minimum Gasteiger partial charge on any atom is -0.497 e. The molecule has 0 fully saturated rings. The summed E-state index contributed by atoms with van der Waals surface area (Å²) in [6.45, 7) is 0. The molecule has 142 valence electrons. The van der Waals surface area contributed by atoms with E-state index in [4.69, 9.17) is 13.9 Å². The fourth-order valence-electron chi connectivity index (χ4n) is 2.48. The first kappa shape index (κ1) is 18.9. The van der Waals surface area contributed by atoms with Crippen LogP contribution >= 0.6 is 0 Å². The van der Waals surface area contributed by atoms with Gasteiger partial charge in [0.05, 0.1) is 14.2 Å². The Labute approximate surface area is 160 Å². The number of methoxy groups -OCH3 is 2. The van der Waals surface area contributed by atoms with Crippen molar-refractivity contribution in [3.8, 4) is 11.5 Å². The van der Waals surface area contributed by atoms with Crippen LogP contribution in [0.2, 0.25) is 0 Å². The highest BCUT2D eigenvalue weighted by molar-refractivity contribution is 6.09. The third kappa shape index (κ3) is 4.27. The second-order valence-electron chi connectivity index (χ2n) is 5.78. The van der Waals surface area contributed by atoms with Crippen molar-refractivity contribution in [2.45, 2.75) is 0 Å². The summed E-state index contributed by atoms with van der Waals surface area (Å²) in [4.78, 5) is 36.3. The van der Waals surface area contributed by atoms with Crippen LogP contribution < -0.4 is 20.4 Å². The molecule has 0 spiro atoms. The molecule has 0 atom stereocenters. The molecule has 2 aromatic carbocycles. The molecule has 0 saturated heterocycles. The summed E-state index contributed by atoms with van der Waals surface area (Å²) >= 11 is 0. The van der Waals surface area contributed by atoms with E-state index in [1.807, 2.05) is 0 Å². The number of ether oxygens (including phenoxy) is 2. The summed E-state index contributed by atoms with van der Waals surface area (Å²) in [5, 5.41) is 2.68. The highest BCUT2D eigenvalue weighted by Gasteiger charge is 2.15. The molecule has 0 unspecified atom stereocenters. The van der Waals surface area contributed by atoms with Crippen molar-refractivity contribution >= 4 is 28.9 Å². The Hall–Kier alpha value is -3.87. The molecule has 1 heterocycles. The van der Waals surface area contributed by atoms with Crippen molar-refractivity contribution in [3.63, 3.8) is 0 Å². The molecule has 3 aromatic rings. The van der Waals surface area contributed by atoms with Crippen LogP contribution in [0.3, 0.4) is 0 Å². The van der Waals surface area contributed by atoms with Crippen molar-refractivity contribution in [2.24, 2.45) is 0 Å². The van der Waals surface area contributed by atoms with Gasteiger partial charge in [0.15, 0.2) is 0 Å². The summed E-state index contributed by atoms with van der Waals surface area (Å²) in [5.41, 5.74) is -0.0664. The number of benzene rings is 2. The zero-order valence-corrected chi connectivity index (χ0v) is 15.2. The quantitative estimate of drug-likeness (QED) is 0.541. The lowest BCUT2D eigenvalue weighted by Gasteiger charge is -2.04. The first-order valence-corrected chi connectivity index (χ1v) is 8.29. The maximum atomic E-state index is 12.3. The van der Waals surface area contributed by atoms with Crippen LogP contribution in [0.15, 0.2) is 63.8 Å². The maximum absolute atomic E-state index is 12.3.